The second-order valence-corrected chi connectivity index (χ2v) is 9.76. The zero-order valence-electron chi connectivity index (χ0n) is 22.2. The van der Waals surface area contributed by atoms with Crippen molar-refractivity contribution in [3.63, 3.8) is 0 Å². The fourth-order valence-electron chi connectivity index (χ4n) is 4.47. The van der Waals surface area contributed by atoms with E-state index in [9.17, 15) is 4.79 Å². The van der Waals surface area contributed by atoms with Crippen LogP contribution in [-0.4, -0.2) is 43.0 Å². The summed E-state index contributed by atoms with van der Waals surface area (Å²) in [4.78, 5) is 18.8. The van der Waals surface area contributed by atoms with E-state index in [1.807, 2.05) is 12.1 Å². The van der Waals surface area contributed by atoms with Crippen molar-refractivity contribution in [3.8, 4) is 5.75 Å². The average molecular weight is 472 g/mol. The van der Waals surface area contributed by atoms with Crippen molar-refractivity contribution >= 4 is 11.9 Å². The second-order valence-electron chi connectivity index (χ2n) is 9.76. The molecule has 0 atom stereocenters. The third-order valence-corrected chi connectivity index (χ3v) is 6.89. The minimum atomic E-state index is -0.0458. The molecule has 0 fully saturated rings. The smallest absolute Gasteiger partial charge is 0.322 e. The van der Waals surface area contributed by atoms with Crippen LogP contribution in [0.1, 0.15) is 108 Å². The normalized spacial score (nSPS) is 13.3. The number of hydrogen-bond acceptors (Lipinski definition) is 3. The number of aliphatic imine (C=N–C) groups is 1. The number of benzene rings is 1. The highest BCUT2D eigenvalue weighted by Crippen LogP contribution is 2.21. The second kappa shape index (κ2) is 17.4. The quantitative estimate of drug-likeness (QED) is 0.224. The van der Waals surface area contributed by atoms with Crippen LogP contribution in [-0.2, 0) is 0 Å². The number of carbonyl (C=O) groups excluding carboxylic acids is 1. The maximum atomic E-state index is 12.6. The summed E-state index contributed by atoms with van der Waals surface area (Å²) < 4.78 is 5.96. The van der Waals surface area contributed by atoms with E-state index >= 15 is 0 Å². The van der Waals surface area contributed by atoms with Crippen LogP contribution >= 0.6 is 0 Å². The summed E-state index contributed by atoms with van der Waals surface area (Å²) in [6.07, 6.45) is 18.8. The van der Waals surface area contributed by atoms with Gasteiger partial charge in [0, 0.05) is 13.1 Å². The fourth-order valence-corrected chi connectivity index (χ4v) is 4.47. The minimum absolute atomic E-state index is 0.0458. The van der Waals surface area contributed by atoms with Gasteiger partial charge in [-0.25, -0.2) is 4.79 Å². The Labute approximate surface area is 208 Å². The Morgan fingerprint density at radius 3 is 2.12 bits per heavy atom. The van der Waals surface area contributed by atoms with Crippen LogP contribution in [0.3, 0.4) is 0 Å². The van der Waals surface area contributed by atoms with E-state index in [-0.39, 0.29) is 6.03 Å². The van der Waals surface area contributed by atoms with Gasteiger partial charge in [-0.1, -0.05) is 103 Å². The number of urea groups is 1. The lowest BCUT2D eigenvalue weighted by molar-refractivity contribution is 0.221. The van der Waals surface area contributed by atoms with Crippen LogP contribution in [0.4, 0.5) is 4.79 Å². The number of rotatable bonds is 18. The van der Waals surface area contributed by atoms with Gasteiger partial charge in [0.25, 0.3) is 0 Å². The van der Waals surface area contributed by atoms with Gasteiger partial charge >= 0.3 is 6.03 Å². The van der Waals surface area contributed by atoms with Crippen molar-refractivity contribution in [2.75, 3.05) is 26.2 Å². The molecule has 1 heterocycles. The molecule has 1 aliphatic heterocycles. The van der Waals surface area contributed by atoms with Gasteiger partial charge in [0.1, 0.15) is 18.2 Å². The molecule has 0 aromatic heterocycles. The third kappa shape index (κ3) is 10.9. The van der Waals surface area contributed by atoms with E-state index in [4.69, 9.17) is 4.74 Å². The Kier molecular flexibility index (Phi) is 14.4. The zero-order valence-corrected chi connectivity index (χ0v) is 22.2. The Morgan fingerprint density at radius 1 is 0.912 bits per heavy atom. The maximum Gasteiger partial charge on any atom is 0.322 e. The van der Waals surface area contributed by atoms with Gasteiger partial charge in [-0.3, -0.25) is 9.89 Å². The highest BCUT2D eigenvalue weighted by Gasteiger charge is 2.23. The molecule has 2 amide bonds. The Hall–Kier alpha value is -2.04. The molecule has 0 saturated heterocycles. The summed E-state index contributed by atoms with van der Waals surface area (Å²) >= 11 is 0. The summed E-state index contributed by atoms with van der Waals surface area (Å²) in [5.74, 6) is 1.58. The van der Waals surface area contributed by atoms with Crippen LogP contribution in [0.25, 0.3) is 0 Å². The molecule has 5 nitrogen and oxygen atoms in total. The van der Waals surface area contributed by atoms with E-state index in [2.05, 4.69) is 37.1 Å². The lowest BCUT2D eigenvalue weighted by Crippen LogP contribution is -2.44. The standard InChI is InChI=1S/C29H49N3O2/c1-4-5-6-7-8-9-10-11-12-13-14-15-16-17-21-31-29(33)32-23-22-30-28(32)24-34-27-20-18-19-25(2)26(27)3/h18-20H,4-17,21-24H2,1-3H3,(H,31,33). The molecule has 1 aliphatic rings. The Bertz CT molecular complexity index is 732. The molecule has 1 aromatic carbocycles. The Balaban J connectivity index is 1.46. The number of unbranched alkanes of at least 4 members (excludes halogenated alkanes) is 13. The molecule has 0 unspecified atom stereocenters. The average Bonchev–Trinajstić information content (AvgIpc) is 3.31. The minimum Gasteiger partial charge on any atom is -0.485 e. The lowest BCUT2D eigenvalue weighted by Gasteiger charge is -2.20. The Morgan fingerprint density at radius 2 is 1.50 bits per heavy atom. The van der Waals surface area contributed by atoms with Gasteiger partial charge in [-0.05, 0) is 37.5 Å². The number of ether oxygens (including phenoxy) is 1. The van der Waals surface area contributed by atoms with Gasteiger partial charge in [-0.15, -0.1) is 0 Å². The molecule has 34 heavy (non-hydrogen) atoms. The molecule has 1 N–H and O–H groups in total. The first kappa shape index (κ1) is 28.2. The van der Waals surface area contributed by atoms with Crippen LogP contribution in [0.15, 0.2) is 23.2 Å². The molecule has 5 heteroatoms. The van der Waals surface area contributed by atoms with E-state index in [0.717, 1.165) is 30.1 Å². The molecule has 0 bridgehead atoms. The number of hydrogen-bond donors (Lipinski definition) is 1. The molecule has 0 aliphatic carbocycles. The first-order valence-corrected chi connectivity index (χ1v) is 13.9. The molecule has 1 aromatic rings. The third-order valence-electron chi connectivity index (χ3n) is 6.89. The van der Waals surface area contributed by atoms with Crippen molar-refractivity contribution < 1.29 is 9.53 Å². The monoisotopic (exact) mass is 471 g/mol. The van der Waals surface area contributed by atoms with Gasteiger partial charge in [0.05, 0.1) is 6.54 Å². The molecular weight excluding hydrogens is 422 g/mol. The van der Waals surface area contributed by atoms with Crippen molar-refractivity contribution in [2.24, 2.45) is 4.99 Å². The number of carbonyl (C=O) groups is 1. The van der Waals surface area contributed by atoms with E-state index in [1.165, 1.54) is 89.0 Å². The van der Waals surface area contributed by atoms with Crippen LogP contribution in [0.2, 0.25) is 0 Å². The molecule has 0 radical (unpaired) electrons. The van der Waals surface area contributed by atoms with E-state index in [1.54, 1.807) is 4.90 Å². The first-order chi connectivity index (χ1) is 16.6. The van der Waals surface area contributed by atoms with Crippen LogP contribution in [0.5, 0.6) is 5.75 Å². The molecule has 2 rings (SSSR count). The van der Waals surface area contributed by atoms with Gasteiger partial charge in [0.15, 0.2) is 0 Å². The zero-order chi connectivity index (χ0) is 24.4. The summed E-state index contributed by atoms with van der Waals surface area (Å²) in [5.41, 5.74) is 2.34. The number of nitrogens with one attached hydrogen (secondary N) is 1. The highest BCUT2D eigenvalue weighted by molar-refractivity contribution is 5.99. The summed E-state index contributed by atoms with van der Waals surface area (Å²) in [6, 6.07) is 6.00. The van der Waals surface area contributed by atoms with E-state index < -0.39 is 0 Å². The highest BCUT2D eigenvalue weighted by atomic mass is 16.5. The molecule has 0 spiro atoms. The topological polar surface area (TPSA) is 53.9 Å². The van der Waals surface area contributed by atoms with Crippen molar-refractivity contribution in [3.05, 3.63) is 29.3 Å². The summed E-state index contributed by atoms with van der Waals surface area (Å²) in [7, 11) is 0. The van der Waals surface area contributed by atoms with E-state index in [0.29, 0.717) is 19.7 Å². The van der Waals surface area contributed by atoms with Gasteiger partial charge in [0.2, 0.25) is 0 Å². The lowest BCUT2D eigenvalue weighted by atomic mass is 10.0. The van der Waals surface area contributed by atoms with Crippen molar-refractivity contribution in [1.29, 1.82) is 0 Å². The maximum absolute atomic E-state index is 12.6. The summed E-state index contributed by atoms with van der Waals surface area (Å²) in [6.45, 7) is 8.76. The summed E-state index contributed by atoms with van der Waals surface area (Å²) in [5, 5.41) is 3.07. The predicted octanol–water partition coefficient (Wildman–Crippen LogP) is 7.59. The number of amides is 2. The number of amidine groups is 1. The van der Waals surface area contributed by atoms with Crippen LogP contribution in [0, 0.1) is 13.8 Å². The molecular formula is C29H49N3O2. The van der Waals surface area contributed by atoms with Gasteiger partial charge < -0.3 is 10.1 Å². The fraction of sp³-hybridized carbons (Fsp3) is 0.724. The largest absolute Gasteiger partial charge is 0.485 e. The van der Waals surface area contributed by atoms with Crippen molar-refractivity contribution in [2.45, 2.75) is 111 Å². The molecule has 192 valence electrons. The predicted molar refractivity (Wildman–Crippen MR) is 144 cm³/mol. The number of nitrogens with zero attached hydrogens (tertiary/aromatic N) is 2. The van der Waals surface area contributed by atoms with Crippen LogP contribution < -0.4 is 10.1 Å². The molecule has 0 saturated carbocycles. The van der Waals surface area contributed by atoms with Gasteiger partial charge in [-0.2, -0.15) is 0 Å². The van der Waals surface area contributed by atoms with Crippen molar-refractivity contribution in [1.82, 2.24) is 10.2 Å². The number of aryl methyl sites for hydroxylation is 1. The SMILES string of the molecule is CCCCCCCCCCCCCCCCNC(=O)N1CCN=C1COc1cccc(C)c1C. The first-order valence-electron chi connectivity index (χ1n) is 13.9.